The molecule has 0 radical (unpaired) electrons. The summed E-state index contributed by atoms with van der Waals surface area (Å²) in [7, 11) is 0. The van der Waals surface area contributed by atoms with Crippen molar-refractivity contribution in [2.24, 2.45) is 0 Å². The number of rotatable bonds is 0. The minimum Gasteiger partial charge on any atom is -0.382 e. The summed E-state index contributed by atoms with van der Waals surface area (Å²) in [4.78, 5) is 11.2. The van der Waals surface area contributed by atoms with Crippen molar-refractivity contribution in [1.29, 1.82) is 0 Å². The molecule has 0 bridgehead atoms. The Balaban J connectivity index is 2.51. The van der Waals surface area contributed by atoms with Gasteiger partial charge >= 0.3 is 6.18 Å². The molecule has 3 nitrogen and oxygen atoms in total. The maximum absolute atomic E-state index is 12.7. The summed E-state index contributed by atoms with van der Waals surface area (Å²) in [5.74, 6) is -0.287. The summed E-state index contributed by atoms with van der Waals surface area (Å²) in [6.45, 7) is 0.200. The minimum absolute atomic E-state index is 0.0548. The van der Waals surface area contributed by atoms with Gasteiger partial charge in [-0.15, -0.1) is 0 Å². The lowest BCUT2D eigenvalue weighted by Crippen LogP contribution is -2.11. The van der Waals surface area contributed by atoms with Crippen LogP contribution in [0.2, 0.25) is 0 Å². The van der Waals surface area contributed by atoms with Crippen molar-refractivity contribution in [3.63, 3.8) is 0 Å². The number of fused-ring (bicyclic) bond motifs is 1. The lowest BCUT2D eigenvalue weighted by Gasteiger charge is -2.15. The third-order valence-electron chi connectivity index (χ3n) is 2.30. The molecule has 1 aliphatic rings. The van der Waals surface area contributed by atoms with Gasteiger partial charge in [0.2, 0.25) is 5.91 Å². The lowest BCUT2D eigenvalue weighted by molar-refractivity contribution is -0.137. The maximum atomic E-state index is 12.7. The predicted octanol–water partition coefficient (Wildman–Crippen LogP) is 2.46. The Hall–Kier alpha value is -1.72. The smallest absolute Gasteiger partial charge is 0.382 e. The van der Waals surface area contributed by atoms with Gasteiger partial charge in [0, 0.05) is 13.0 Å². The van der Waals surface area contributed by atoms with Gasteiger partial charge in [0.25, 0.3) is 0 Å². The van der Waals surface area contributed by atoms with Crippen LogP contribution in [0.25, 0.3) is 0 Å². The molecule has 0 saturated carbocycles. The number of benzene rings is 1. The van der Waals surface area contributed by atoms with Gasteiger partial charge in [0.15, 0.2) is 0 Å². The Kier molecular flexibility index (Phi) is 2.49. The molecule has 0 aromatic heterocycles. The van der Waals surface area contributed by atoms with Crippen LogP contribution in [0.3, 0.4) is 0 Å². The molecule has 2 rings (SSSR count). The second-order valence-electron chi connectivity index (χ2n) is 3.45. The number of alkyl halides is 3. The fourth-order valence-corrected chi connectivity index (χ4v) is 1.60. The van der Waals surface area contributed by atoms with Crippen LogP contribution in [0, 0.1) is 0 Å². The third kappa shape index (κ3) is 1.95. The number of para-hydroxylation sites is 1. The second-order valence-corrected chi connectivity index (χ2v) is 3.45. The van der Waals surface area contributed by atoms with E-state index in [1.54, 1.807) is 0 Å². The average Bonchev–Trinajstić information content (AvgIpc) is 2.35. The van der Waals surface area contributed by atoms with Crippen LogP contribution in [-0.2, 0) is 11.0 Å². The third-order valence-corrected chi connectivity index (χ3v) is 2.30. The van der Waals surface area contributed by atoms with Crippen LogP contribution >= 0.6 is 0 Å². The van der Waals surface area contributed by atoms with Gasteiger partial charge in [0.05, 0.1) is 16.9 Å². The van der Waals surface area contributed by atoms with E-state index in [1.807, 2.05) is 0 Å². The molecule has 0 atom stereocenters. The average molecular weight is 230 g/mol. The van der Waals surface area contributed by atoms with Gasteiger partial charge in [-0.3, -0.25) is 4.79 Å². The molecule has 0 unspecified atom stereocenters. The van der Waals surface area contributed by atoms with Crippen LogP contribution < -0.4 is 10.6 Å². The Morgan fingerprint density at radius 2 is 2.00 bits per heavy atom. The number of carbonyl (C=O) groups excluding carboxylic acids is 1. The fourth-order valence-electron chi connectivity index (χ4n) is 1.60. The molecular weight excluding hydrogens is 221 g/mol. The molecule has 1 amide bonds. The molecule has 16 heavy (non-hydrogen) atoms. The van der Waals surface area contributed by atoms with E-state index >= 15 is 0 Å². The largest absolute Gasteiger partial charge is 0.418 e. The van der Waals surface area contributed by atoms with Crippen molar-refractivity contribution >= 4 is 17.3 Å². The lowest BCUT2D eigenvalue weighted by atomic mass is 10.1. The standard InChI is InChI=1S/C10H9F3N2O/c11-10(12,13)6-2-1-3-7-9(6)14-5-4-8(16)15-7/h1-3,14H,4-5H2,(H,15,16). The van der Waals surface area contributed by atoms with Crippen molar-refractivity contribution < 1.29 is 18.0 Å². The van der Waals surface area contributed by atoms with Crippen LogP contribution in [0.15, 0.2) is 18.2 Å². The van der Waals surface area contributed by atoms with E-state index in [0.717, 1.165) is 6.07 Å². The number of hydrogen-bond acceptors (Lipinski definition) is 2. The zero-order valence-electron chi connectivity index (χ0n) is 8.19. The predicted molar refractivity (Wildman–Crippen MR) is 53.2 cm³/mol. The number of nitrogens with one attached hydrogen (secondary N) is 2. The van der Waals surface area contributed by atoms with E-state index in [4.69, 9.17) is 0 Å². The number of carbonyl (C=O) groups is 1. The highest BCUT2D eigenvalue weighted by Gasteiger charge is 2.35. The summed E-state index contributed by atoms with van der Waals surface area (Å²) in [5.41, 5.74) is -0.634. The first-order chi connectivity index (χ1) is 7.48. The zero-order valence-corrected chi connectivity index (χ0v) is 8.19. The number of hydrogen-bond donors (Lipinski definition) is 2. The topological polar surface area (TPSA) is 41.1 Å². The van der Waals surface area contributed by atoms with E-state index in [0.29, 0.717) is 0 Å². The van der Waals surface area contributed by atoms with Gasteiger partial charge in [-0.25, -0.2) is 0 Å². The Labute approximate surface area is 89.6 Å². The first-order valence-corrected chi connectivity index (χ1v) is 4.72. The Morgan fingerprint density at radius 3 is 2.69 bits per heavy atom. The molecule has 0 spiro atoms. The molecule has 6 heteroatoms. The van der Waals surface area contributed by atoms with Crippen LogP contribution in [0.5, 0.6) is 0 Å². The zero-order chi connectivity index (χ0) is 11.8. The quantitative estimate of drug-likeness (QED) is 0.718. The highest BCUT2D eigenvalue weighted by Crippen LogP contribution is 2.39. The van der Waals surface area contributed by atoms with E-state index in [9.17, 15) is 18.0 Å². The number of amides is 1. The van der Waals surface area contributed by atoms with Crippen LogP contribution in [0.4, 0.5) is 24.5 Å². The summed E-state index contributed by atoms with van der Waals surface area (Å²) in [5, 5.41) is 5.06. The van der Waals surface area contributed by atoms with Crippen molar-refractivity contribution in [2.45, 2.75) is 12.6 Å². The van der Waals surface area contributed by atoms with Crippen molar-refractivity contribution in [1.82, 2.24) is 0 Å². The molecular formula is C10H9F3N2O. The van der Waals surface area contributed by atoms with Crippen molar-refractivity contribution in [3.05, 3.63) is 23.8 Å². The van der Waals surface area contributed by atoms with Gasteiger partial charge in [-0.2, -0.15) is 13.2 Å². The maximum Gasteiger partial charge on any atom is 0.418 e. The Morgan fingerprint density at radius 1 is 1.25 bits per heavy atom. The highest BCUT2D eigenvalue weighted by atomic mass is 19.4. The minimum atomic E-state index is -4.42. The van der Waals surface area contributed by atoms with E-state index in [1.165, 1.54) is 12.1 Å². The molecule has 0 saturated heterocycles. The van der Waals surface area contributed by atoms with Gasteiger partial charge < -0.3 is 10.6 Å². The van der Waals surface area contributed by atoms with Crippen molar-refractivity contribution in [3.8, 4) is 0 Å². The highest BCUT2D eigenvalue weighted by molar-refractivity contribution is 5.96. The fraction of sp³-hybridized carbons (Fsp3) is 0.300. The van der Waals surface area contributed by atoms with Gasteiger partial charge in [0.1, 0.15) is 0 Å². The van der Waals surface area contributed by atoms with E-state index in [2.05, 4.69) is 10.6 Å². The van der Waals surface area contributed by atoms with Gasteiger partial charge in [-0.05, 0) is 12.1 Å². The monoisotopic (exact) mass is 230 g/mol. The van der Waals surface area contributed by atoms with Gasteiger partial charge in [-0.1, -0.05) is 6.07 Å². The first kappa shape index (κ1) is 10.8. The second kappa shape index (κ2) is 3.70. The molecule has 86 valence electrons. The molecule has 1 heterocycles. The molecule has 1 aromatic rings. The molecule has 1 aliphatic heterocycles. The van der Waals surface area contributed by atoms with Crippen molar-refractivity contribution in [2.75, 3.05) is 17.2 Å². The van der Waals surface area contributed by atoms with Crippen LogP contribution in [-0.4, -0.2) is 12.5 Å². The van der Waals surface area contributed by atoms with Crippen LogP contribution in [0.1, 0.15) is 12.0 Å². The summed E-state index contributed by atoms with van der Waals surface area (Å²) in [6, 6.07) is 3.71. The number of halogens is 3. The molecule has 0 aliphatic carbocycles. The number of anilines is 2. The molecule has 2 N–H and O–H groups in total. The molecule has 1 aromatic carbocycles. The normalized spacial score (nSPS) is 15.8. The Bertz CT molecular complexity index is 429. The summed E-state index contributed by atoms with van der Waals surface area (Å²) < 4.78 is 38.0. The summed E-state index contributed by atoms with van der Waals surface area (Å²) >= 11 is 0. The summed E-state index contributed by atoms with van der Waals surface area (Å²) in [6.07, 6.45) is -4.26. The van der Waals surface area contributed by atoms with E-state index in [-0.39, 0.29) is 30.2 Å². The SMILES string of the molecule is O=C1CCNc2c(cccc2C(F)(F)F)N1. The van der Waals surface area contributed by atoms with E-state index < -0.39 is 11.7 Å². The first-order valence-electron chi connectivity index (χ1n) is 4.72. The molecule has 0 fully saturated rings.